The smallest absolute Gasteiger partial charge is 0.305 e. The van der Waals surface area contributed by atoms with Crippen LogP contribution in [0.1, 0.15) is 16.8 Å². The number of aliphatic carboxylic acids is 1. The second kappa shape index (κ2) is 10.5. The van der Waals surface area contributed by atoms with E-state index in [1.165, 1.54) is 0 Å². The van der Waals surface area contributed by atoms with E-state index in [0.717, 1.165) is 0 Å². The summed E-state index contributed by atoms with van der Waals surface area (Å²) in [6, 6.07) is 13.4. The fraction of sp³-hybridized carbons (Fsp3) is 0.364. The molecule has 3 rings (SSSR count). The largest absolute Gasteiger partial charge is 0.481 e. The van der Waals surface area contributed by atoms with Crippen molar-refractivity contribution >= 4 is 11.9 Å². The lowest BCUT2D eigenvalue weighted by Crippen LogP contribution is -2.60. The van der Waals surface area contributed by atoms with Gasteiger partial charge in [0.2, 0.25) is 6.29 Å². The summed E-state index contributed by atoms with van der Waals surface area (Å²) in [5, 5.41) is 50.6. The molecule has 1 heterocycles. The van der Waals surface area contributed by atoms with Gasteiger partial charge < -0.3 is 40.3 Å². The van der Waals surface area contributed by atoms with Crippen LogP contribution < -0.4 is 10.1 Å². The van der Waals surface area contributed by atoms with Crippen molar-refractivity contribution in [2.75, 3.05) is 13.2 Å². The van der Waals surface area contributed by atoms with Crippen molar-refractivity contribution in [1.82, 2.24) is 5.32 Å². The van der Waals surface area contributed by atoms with Crippen molar-refractivity contribution in [3.63, 3.8) is 0 Å². The molecule has 32 heavy (non-hydrogen) atoms. The van der Waals surface area contributed by atoms with Gasteiger partial charge in [-0.25, -0.2) is 0 Å². The number of rotatable bonds is 8. The molecule has 1 fully saturated rings. The molecule has 2 aromatic rings. The minimum Gasteiger partial charge on any atom is -0.481 e. The minimum atomic E-state index is -1.56. The Bertz CT molecular complexity index is 931. The minimum absolute atomic E-state index is 0.0195. The van der Waals surface area contributed by atoms with Crippen LogP contribution in [0.15, 0.2) is 48.5 Å². The van der Waals surface area contributed by atoms with Gasteiger partial charge in [0.15, 0.2) is 0 Å². The SMILES string of the molecule is O=C(O)CCNC(=O)c1ccc(-c2ccccc2O[C@H]2O[C@H](CO)[C@@H](O)[C@@H](O)[C@@H]2O)cc1. The lowest BCUT2D eigenvalue weighted by molar-refractivity contribution is -0.277. The molecule has 0 unspecified atom stereocenters. The Morgan fingerprint density at radius 2 is 1.66 bits per heavy atom. The Morgan fingerprint density at radius 1 is 0.969 bits per heavy atom. The zero-order chi connectivity index (χ0) is 23.3. The van der Waals surface area contributed by atoms with E-state index >= 15 is 0 Å². The zero-order valence-corrected chi connectivity index (χ0v) is 17.0. The third-order valence-corrected chi connectivity index (χ3v) is 5.06. The quantitative estimate of drug-likeness (QED) is 0.320. The predicted octanol–water partition coefficient (Wildman–Crippen LogP) is -0.263. The highest BCUT2D eigenvalue weighted by Gasteiger charge is 2.44. The first-order valence-corrected chi connectivity index (χ1v) is 9.98. The van der Waals surface area contributed by atoms with Gasteiger partial charge in [0.05, 0.1) is 13.0 Å². The number of hydrogen-bond acceptors (Lipinski definition) is 8. The number of carbonyl (C=O) groups excluding carboxylic acids is 1. The van der Waals surface area contributed by atoms with E-state index in [4.69, 9.17) is 14.6 Å². The summed E-state index contributed by atoms with van der Waals surface area (Å²) in [5.41, 5.74) is 1.65. The summed E-state index contributed by atoms with van der Waals surface area (Å²) in [6.07, 6.45) is -7.18. The molecule has 0 bridgehead atoms. The number of para-hydroxylation sites is 1. The Morgan fingerprint density at radius 3 is 2.31 bits per heavy atom. The molecule has 0 aliphatic carbocycles. The first-order valence-electron chi connectivity index (χ1n) is 9.98. The van der Waals surface area contributed by atoms with Crippen molar-refractivity contribution in [3.8, 4) is 16.9 Å². The van der Waals surface area contributed by atoms with Gasteiger partial charge in [-0.05, 0) is 23.8 Å². The van der Waals surface area contributed by atoms with Gasteiger partial charge in [0, 0.05) is 17.7 Å². The van der Waals surface area contributed by atoms with Crippen molar-refractivity contribution < 1.29 is 44.6 Å². The van der Waals surface area contributed by atoms with Crippen LogP contribution in [0, 0.1) is 0 Å². The Hall–Kier alpha value is -3.02. The van der Waals surface area contributed by atoms with E-state index in [1.807, 2.05) is 0 Å². The number of nitrogens with one attached hydrogen (secondary N) is 1. The van der Waals surface area contributed by atoms with Gasteiger partial charge >= 0.3 is 5.97 Å². The van der Waals surface area contributed by atoms with E-state index in [-0.39, 0.29) is 13.0 Å². The fourth-order valence-electron chi connectivity index (χ4n) is 3.28. The molecular weight excluding hydrogens is 422 g/mol. The van der Waals surface area contributed by atoms with Crippen LogP contribution in [0.25, 0.3) is 11.1 Å². The first kappa shape index (κ1) is 23.6. The van der Waals surface area contributed by atoms with Gasteiger partial charge in [-0.15, -0.1) is 0 Å². The number of amides is 1. The van der Waals surface area contributed by atoms with Gasteiger partial charge in [-0.1, -0.05) is 30.3 Å². The van der Waals surface area contributed by atoms with Gasteiger partial charge in [0.1, 0.15) is 30.2 Å². The molecule has 2 aromatic carbocycles. The summed E-state index contributed by atoms with van der Waals surface area (Å²) >= 11 is 0. The van der Waals surface area contributed by atoms with E-state index in [0.29, 0.717) is 22.4 Å². The third-order valence-electron chi connectivity index (χ3n) is 5.06. The molecule has 0 spiro atoms. The maximum absolute atomic E-state index is 12.1. The van der Waals surface area contributed by atoms with Gasteiger partial charge in [-0.3, -0.25) is 9.59 Å². The number of carboxylic acid groups (broad SMARTS) is 1. The number of benzene rings is 2. The van der Waals surface area contributed by atoms with Gasteiger partial charge in [-0.2, -0.15) is 0 Å². The van der Waals surface area contributed by atoms with E-state index in [2.05, 4.69) is 5.32 Å². The number of aliphatic hydroxyl groups excluding tert-OH is 4. The molecule has 0 aromatic heterocycles. The summed E-state index contributed by atoms with van der Waals surface area (Å²) in [6.45, 7) is -0.547. The number of carboxylic acids is 1. The highest BCUT2D eigenvalue weighted by Crippen LogP contribution is 2.33. The summed E-state index contributed by atoms with van der Waals surface area (Å²) in [5.74, 6) is -1.09. The van der Waals surface area contributed by atoms with Crippen molar-refractivity contribution in [2.45, 2.75) is 37.1 Å². The average molecular weight is 447 g/mol. The topological polar surface area (TPSA) is 166 Å². The molecule has 1 aliphatic rings. The normalized spacial score (nSPS) is 25.2. The molecule has 10 nitrogen and oxygen atoms in total. The molecule has 1 amide bonds. The number of ether oxygens (including phenoxy) is 2. The van der Waals surface area contributed by atoms with Gasteiger partial charge in [0.25, 0.3) is 5.91 Å². The molecule has 6 N–H and O–H groups in total. The molecule has 1 saturated heterocycles. The number of hydrogen-bond donors (Lipinski definition) is 6. The predicted molar refractivity (Wildman–Crippen MR) is 111 cm³/mol. The highest BCUT2D eigenvalue weighted by atomic mass is 16.7. The Kier molecular flexibility index (Phi) is 7.78. The summed E-state index contributed by atoms with van der Waals surface area (Å²) in [4.78, 5) is 22.7. The Labute approximate surface area is 183 Å². The van der Waals surface area contributed by atoms with E-state index in [1.54, 1.807) is 48.5 Å². The number of carbonyl (C=O) groups is 2. The standard InChI is InChI=1S/C22H25NO9/c24-11-16-18(27)19(28)20(29)22(32-16)31-15-4-2-1-3-14(15)12-5-7-13(8-6-12)21(30)23-10-9-17(25)26/h1-8,16,18-20,22,24,27-29H,9-11H2,(H,23,30)(H,25,26)/t16-,18-,19-,20+,22+/m1/s1. The molecule has 10 heteroatoms. The molecule has 5 atom stereocenters. The van der Waals surface area contributed by atoms with E-state index in [9.17, 15) is 30.0 Å². The van der Waals surface area contributed by atoms with Crippen molar-refractivity contribution in [3.05, 3.63) is 54.1 Å². The second-order valence-electron chi connectivity index (χ2n) is 7.29. The zero-order valence-electron chi connectivity index (χ0n) is 17.0. The van der Waals surface area contributed by atoms with Crippen LogP contribution >= 0.6 is 0 Å². The lowest BCUT2D eigenvalue weighted by atomic mass is 9.99. The van der Waals surface area contributed by atoms with Crippen LogP contribution in [0.2, 0.25) is 0 Å². The third kappa shape index (κ3) is 5.42. The lowest BCUT2D eigenvalue weighted by Gasteiger charge is -2.39. The molecule has 0 radical (unpaired) electrons. The van der Waals surface area contributed by atoms with E-state index < -0.39 is 49.2 Å². The van der Waals surface area contributed by atoms with Crippen molar-refractivity contribution in [2.24, 2.45) is 0 Å². The van der Waals surface area contributed by atoms with Crippen LogP contribution in [0.5, 0.6) is 5.75 Å². The fourth-order valence-corrected chi connectivity index (χ4v) is 3.28. The first-order chi connectivity index (χ1) is 15.3. The summed E-state index contributed by atoms with van der Waals surface area (Å²) < 4.78 is 11.2. The van der Waals surface area contributed by atoms with Crippen molar-refractivity contribution in [1.29, 1.82) is 0 Å². The molecular formula is C22H25NO9. The van der Waals surface area contributed by atoms with Crippen LogP contribution in [-0.2, 0) is 9.53 Å². The highest BCUT2D eigenvalue weighted by molar-refractivity contribution is 5.95. The number of aliphatic hydroxyl groups is 4. The molecule has 1 aliphatic heterocycles. The molecule has 172 valence electrons. The Balaban J connectivity index is 1.75. The summed E-state index contributed by atoms with van der Waals surface area (Å²) in [7, 11) is 0. The monoisotopic (exact) mass is 447 g/mol. The van der Waals surface area contributed by atoms with Crippen LogP contribution in [-0.4, -0.2) is 81.3 Å². The average Bonchev–Trinajstić information content (AvgIpc) is 2.79. The maximum atomic E-state index is 12.1. The maximum Gasteiger partial charge on any atom is 0.305 e. The second-order valence-corrected chi connectivity index (χ2v) is 7.29. The molecule has 0 saturated carbocycles. The van der Waals surface area contributed by atoms with Crippen LogP contribution in [0.3, 0.4) is 0 Å². The van der Waals surface area contributed by atoms with Crippen LogP contribution in [0.4, 0.5) is 0 Å².